The first-order chi connectivity index (χ1) is 8.34. The Labute approximate surface area is 111 Å². The van der Waals surface area contributed by atoms with Crippen molar-refractivity contribution in [2.75, 3.05) is 22.6 Å². The SMILES string of the molecule is CCS(=O)(=O)CCC(=O)Nc1ccc(N)cc1Cl. The Morgan fingerprint density at radius 2 is 2.11 bits per heavy atom. The van der Waals surface area contributed by atoms with Gasteiger partial charge in [0.25, 0.3) is 0 Å². The molecular weight excluding hydrogens is 276 g/mol. The van der Waals surface area contributed by atoms with Crippen LogP contribution >= 0.6 is 11.6 Å². The molecule has 0 saturated heterocycles. The molecule has 1 rings (SSSR count). The molecule has 0 atom stereocenters. The minimum atomic E-state index is -3.14. The van der Waals surface area contributed by atoms with Crippen molar-refractivity contribution in [2.45, 2.75) is 13.3 Å². The molecule has 1 aromatic rings. The Balaban J connectivity index is 2.60. The van der Waals surface area contributed by atoms with Crippen molar-refractivity contribution in [3.05, 3.63) is 23.2 Å². The summed E-state index contributed by atoms with van der Waals surface area (Å²) in [7, 11) is -3.14. The van der Waals surface area contributed by atoms with Crippen molar-refractivity contribution < 1.29 is 13.2 Å². The van der Waals surface area contributed by atoms with Crippen LogP contribution in [0, 0.1) is 0 Å². The van der Waals surface area contributed by atoms with Gasteiger partial charge in [0.1, 0.15) is 0 Å². The van der Waals surface area contributed by atoms with Gasteiger partial charge in [0.2, 0.25) is 5.91 Å². The summed E-state index contributed by atoms with van der Waals surface area (Å²) in [5.74, 6) is -0.524. The highest BCUT2D eigenvalue weighted by atomic mass is 35.5. The van der Waals surface area contributed by atoms with E-state index in [1.54, 1.807) is 19.1 Å². The van der Waals surface area contributed by atoms with Crippen LogP contribution in [0.5, 0.6) is 0 Å². The van der Waals surface area contributed by atoms with E-state index in [9.17, 15) is 13.2 Å². The molecule has 0 unspecified atom stereocenters. The maximum absolute atomic E-state index is 11.5. The molecule has 0 heterocycles. The van der Waals surface area contributed by atoms with E-state index >= 15 is 0 Å². The topological polar surface area (TPSA) is 89.3 Å². The van der Waals surface area contributed by atoms with E-state index < -0.39 is 15.7 Å². The number of nitrogens with one attached hydrogen (secondary N) is 1. The van der Waals surface area contributed by atoms with Crippen molar-refractivity contribution in [2.24, 2.45) is 0 Å². The summed E-state index contributed by atoms with van der Waals surface area (Å²) in [6.07, 6.45) is -0.0864. The molecule has 3 N–H and O–H groups in total. The first kappa shape index (κ1) is 14.8. The van der Waals surface area contributed by atoms with Crippen molar-refractivity contribution >= 4 is 38.7 Å². The molecular formula is C11H15ClN2O3S. The van der Waals surface area contributed by atoms with Gasteiger partial charge in [0.05, 0.1) is 16.5 Å². The van der Waals surface area contributed by atoms with Crippen LogP contribution < -0.4 is 11.1 Å². The van der Waals surface area contributed by atoms with Gasteiger partial charge in [0, 0.05) is 17.9 Å². The quantitative estimate of drug-likeness (QED) is 0.808. The second kappa shape index (κ2) is 6.06. The molecule has 0 fully saturated rings. The van der Waals surface area contributed by atoms with Gasteiger partial charge in [0.15, 0.2) is 9.84 Å². The fourth-order valence-corrected chi connectivity index (χ4v) is 2.26. The Morgan fingerprint density at radius 1 is 1.44 bits per heavy atom. The molecule has 18 heavy (non-hydrogen) atoms. The number of hydrogen-bond donors (Lipinski definition) is 2. The van der Waals surface area contributed by atoms with Gasteiger partial charge >= 0.3 is 0 Å². The lowest BCUT2D eigenvalue weighted by Crippen LogP contribution is -2.18. The zero-order valence-electron chi connectivity index (χ0n) is 9.94. The number of sulfone groups is 1. The summed E-state index contributed by atoms with van der Waals surface area (Å²) < 4.78 is 22.5. The third-order valence-corrected chi connectivity index (χ3v) is 4.37. The molecule has 1 amide bonds. The molecule has 0 aromatic heterocycles. The fourth-order valence-electron chi connectivity index (χ4n) is 1.24. The number of benzene rings is 1. The summed E-state index contributed by atoms with van der Waals surface area (Å²) in [4.78, 5) is 11.5. The molecule has 0 aliphatic heterocycles. The maximum Gasteiger partial charge on any atom is 0.225 e. The Morgan fingerprint density at radius 3 is 2.67 bits per heavy atom. The lowest BCUT2D eigenvalue weighted by molar-refractivity contribution is -0.115. The van der Waals surface area contributed by atoms with Gasteiger partial charge in [-0.25, -0.2) is 8.42 Å². The zero-order valence-corrected chi connectivity index (χ0v) is 11.5. The van der Waals surface area contributed by atoms with Crippen LogP contribution in [-0.4, -0.2) is 25.8 Å². The Kier molecular flexibility index (Phi) is 4.98. The number of carbonyl (C=O) groups excluding carboxylic acids is 1. The smallest absolute Gasteiger partial charge is 0.225 e. The molecule has 0 saturated carbocycles. The molecule has 0 aliphatic carbocycles. The number of anilines is 2. The first-order valence-corrected chi connectivity index (χ1v) is 7.59. The third kappa shape index (κ3) is 4.54. The van der Waals surface area contributed by atoms with Crippen LogP contribution in [0.1, 0.15) is 13.3 Å². The molecule has 1 aromatic carbocycles. The average Bonchev–Trinajstić information content (AvgIpc) is 2.30. The number of amides is 1. The lowest BCUT2D eigenvalue weighted by atomic mass is 10.3. The summed E-state index contributed by atoms with van der Waals surface area (Å²) in [5.41, 5.74) is 6.43. The van der Waals surface area contributed by atoms with Crippen LogP contribution in [-0.2, 0) is 14.6 Å². The predicted molar refractivity (Wildman–Crippen MR) is 73.4 cm³/mol. The monoisotopic (exact) mass is 290 g/mol. The van der Waals surface area contributed by atoms with E-state index in [1.807, 2.05) is 0 Å². The molecule has 0 bridgehead atoms. The van der Waals surface area contributed by atoms with E-state index in [2.05, 4.69) is 5.32 Å². The summed E-state index contributed by atoms with van der Waals surface area (Å²) in [6, 6.07) is 4.69. The number of nitrogen functional groups attached to an aromatic ring is 1. The van der Waals surface area contributed by atoms with E-state index in [-0.39, 0.29) is 17.9 Å². The van der Waals surface area contributed by atoms with E-state index in [4.69, 9.17) is 17.3 Å². The van der Waals surface area contributed by atoms with Crippen molar-refractivity contribution in [1.82, 2.24) is 0 Å². The summed E-state index contributed by atoms with van der Waals surface area (Å²) >= 11 is 5.88. The Bertz CT molecular complexity index is 543. The van der Waals surface area contributed by atoms with Gasteiger partial charge in [-0.15, -0.1) is 0 Å². The van der Waals surface area contributed by atoms with Gasteiger partial charge in [-0.05, 0) is 18.2 Å². The van der Waals surface area contributed by atoms with Gasteiger partial charge < -0.3 is 11.1 Å². The standard InChI is InChI=1S/C11H15ClN2O3S/c1-2-18(16,17)6-5-11(15)14-10-4-3-8(13)7-9(10)12/h3-4,7H,2,5-6,13H2,1H3,(H,14,15). The molecule has 0 spiro atoms. The van der Waals surface area contributed by atoms with Gasteiger partial charge in [-0.1, -0.05) is 18.5 Å². The van der Waals surface area contributed by atoms with E-state index in [0.29, 0.717) is 16.4 Å². The van der Waals surface area contributed by atoms with Crippen LogP contribution in [0.3, 0.4) is 0 Å². The second-order valence-corrected chi connectivity index (χ2v) is 6.65. The normalized spacial score (nSPS) is 11.2. The number of carbonyl (C=O) groups is 1. The van der Waals surface area contributed by atoms with Crippen molar-refractivity contribution in [3.63, 3.8) is 0 Å². The minimum Gasteiger partial charge on any atom is -0.399 e. The molecule has 7 heteroatoms. The van der Waals surface area contributed by atoms with Gasteiger partial charge in [-0.2, -0.15) is 0 Å². The second-order valence-electron chi connectivity index (χ2n) is 3.77. The van der Waals surface area contributed by atoms with Crippen LogP contribution in [0.15, 0.2) is 18.2 Å². The molecule has 0 radical (unpaired) electrons. The maximum atomic E-state index is 11.5. The fraction of sp³-hybridized carbons (Fsp3) is 0.364. The third-order valence-electron chi connectivity index (χ3n) is 2.35. The molecule has 0 aliphatic rings. The average molecular weight is 291 g/mol. The number of halogens is 1. The van der Waals surface area contributed by atoms with Crippen LogP contribution in [0.4, 0.5) is 11.4 Å². The van der Waals surface area contributed by atoms with E-state index in [1.165, 1.54) is 6.07 Å². The van der Waals surface area contributed by atoms with E-state index in [0.717, 1.165) is 0 Å². The zero-order chi connectivity index (χ0) is 13.8. The lowest BCUT2D eigenvalue weighted by Gasteiger charge is -2.07. The minimum absolute atomic E-state index is 0.0307. The summed E-state index contributed by atoms with van der Waals surface area (Å²) in [6.45, 7) is 1.55. The number of rotatable bonds is 5. The highest BCUT2D eigenvalue weighted by Gasteiger charge is 2.12. The number of hydrogen-bond acceptors (Lipinski definition) is 4. The van der Waals surface area contributed by atoms with Gasteiger partial charge in [-0.3, -0.25) is 4.79 Å². The number of nitrogens with two attached hydrogens (primary N) is 1. The Hall–Kier alpha value is -1.27. The largest absolute Gasteiger partial charge is 0.399 e. The van der Waals surface area contributed by atoms with Crippen molar-refractivity contribution in [1.29, 1.82) is 0 Å². The molecule has 100 valence electrons. The first-order valence-electron chi connectivity index (χ1n) is 5.39. The summed E-state index contributed by atoms with van der Waals surface area (Å²) in [5, 5.41) is 2.86. The molecule has 5 nitrogen and oxygen atoms in total. The van der Waals surface area contributed by atoms with Crippen molar-refractivity contribution in [3.8, 4) is 0 Å². The predicted octanol–water partition coefficient (Wildman–Crippen LogP) is 1.69. The highest BCUT2D eigenvalue weighted by Crippen LogP contribution is 2.24. The van der Waals surface area contributed by atoms with Crippen LogP contribution in [0.2, 0.25) is 5.02 Å². The van der Waals surface area contributed by atoms with Crippen LogP contribution in [0.25, 0.3) is 0 Å². The highest BCUT2D eigenvalue weighted by molar-refractivity contribution is 7.91.